The van der Waals surface area contributed by atoms with E-state index in [4.69, 9.17) is 9.47 Å². The van der Waals surface area contributed by atoms with Crippen LogP contribution in [0.4, 0.5) is 8.78 Å². The maximum Gasteiger partial charge on any atom is 0.257 e. The van der Waals surface area contributed by atoms with E-state index in [0.29, 0.717) is 19.1 Å². The van der Waals surface area contributed by atoms with Crippen molar-refractivity contribution in [2.45, 2.75) is 19.9 Å². The van der Waals surface area contributed by atoms with Gasteiger partial charge in [-0.3, -0.25) is 9.69 Å². The molecule has 1 aromatic carbocycles. The standard InChI is InChI=1S/C18H26F2N2O3.ClH/c1-11(2)12-9-22(7-8-24-3)10-14(12)21-18(23)16-13(19)5-6-15(25-4)17(16)20;/h5-6,11-12,14H,7-10H2,1-4H3,(H,21,23);1H/t12-,14+;/m1./s1. The number of rotatable bonds is 7. The van der Waals surface area contributed by atoms with Crippen molar-refractivity contribution in [3.63, 3.8) is 0 Å². The molecule has 0 aromatic heterocycles. The van der Waals surface area contributed by atoms with Crippen molar-refractivity contribution in [3.05, 3.63) is 29.3 Å². The van der Waals surface area contributed by atoms with Gasteiger partial charge in [0.2, 0.25) is 0 Å². The molecule has 2 atom stereocenters. The van der Waals surface area contributed by atoms with Gasteiger partial charge in [0.25, 0.3) is 5.91 Å². The summed E-state index contributed by atoms with van der Waals surface area (Å²) in [5.74, 6) is -2.24. The molecule has 1 fully saturated rings. The third kappa shape index (κ3) is 5.05. The van der Waals surface area contributed by atoms with Crippen LogP contribution in [-0.2, 0) is 4.74 Å². The van der Waals surface area contributed by atoms with Crippen LogP contribution in [0.5, 0.6) is 5.75 Å². The SMILES string of the molecule is COCCN1C[C@H](NC(=O)c2c(F)ccc(OC)c2F)[C@@H](C(C)C)C1.Cl. The highest BCUT2D eigenvalue weighted by molar-refractivity contribution is 5.95. The summed E-state index contributed by atoms with van der Waals surface area (Å²) in [5, 5.41) is 2.81. The van der Waals surface area contributed by atoms with Crippen LogP contribution >= 0.6 is 12.4 Å². The molecule has 5 nitrogen and oxygen atoms in total. The summed E-state index contributed by atoms with van der Waals surface area (Å²) in [4.78, 5) is 14.7. The highest BCUT2D eigenvalue weighted by atomic mass is 35.5. The summed E-state index contributed by atoms with van der Waals surface area (Å²) >= 11 is 0. The number of nitrogens with zero attached hydrogens (tertiary/aromatic N) is 1. The van der Waals surface area contributed by atoms with E-state index in [2.05, 4.69) is 24.1 Å². The Hall–Kier alpha value is -1.44. The Balaban J connectivity index is 0.00000338. The zero-order valence-corrected chi connectivity index (χ0v) is 16.4. The Kier molecular flexibility index (Phi) is 8.73. The second-order valence-electron chi connectivity index (χ2n) is 6.68. The van der Waals surface area contributed by atoms with Gasteiger partial charge in [0.05, 0.1) is 13.7 Å². The van der Waals surface area contributed by atoms with Gasteiger partial charge in [0.1, 0.15) is 11.4 Å². The minimum absolute atomic E-state index is 0. The van der Waals surface area contributed by atoms with E-state index in [9.17, 15) is 13.6 Å². The fourth-order valence-corrected chi connectivity index (χ4v) is 3.28. The molecule has 0 saturated carbocycles. The predicted octanol–water partition coefficient (Wildman–Crippen LogP) is 2.73. The largest absolute Gasteiger partial charge is 0.494 e. The summed E-state index contributed by atoms with van der Waals surface area (Å²) < 4.78 is 38.2. The summed E-state index contributed by atoms with van der Waals surface area (Å²) in [6, 6.07) is 2.03. The van der Waals surface area contributed by atoms with Gasteiger partial charge < -0.3 is 14.8 Å². The number of halogens is 3. The van der Waals surface area contributed by atoms with Crippen molar-refractivity contribution >= 4 is 18.3 Å². The van der Waals surface area contributed by atoms with E-state index < -0.39 is 23.1 Å². The van der Waals surface area contributed by atoms with Crippen molar-refractivity contribution in [2.24, 2.45) is 11.8 Å². The Labute approximate surface area is 159 Å². The second kappa shape index (κ2) is 10.0. The minimum Gasteiger partial charge on any atom is -0.494 e. The molecule has 1 N–H and O–H groups in total. The number of hydrogen-bond donors (Lipinski definition) is 1. The summed E-state index contributed by atoms with van der Waals surface area (Å²) in [6.45, 7) is 6.96. The number of likely N-dealkylation sites (tertiary alicyclic amines) is 1. The first-order valence-corrected chi connectivity index (χ1v) is 8.43. The predicted molar refractivity (Wildman–Crippen MR) is 98.1 cm³/mol. The molecule has 0 bridgehead atoms. The topological polar surface area (TPSA) is 50.8 Å². The Bertz CT molecular complexity index is 616. The van der Waals surface area contributed by atoms with E-state index in [1.807, 2.05) is 0 Å². The molecule has 1 aromatic rings. The van der Waals surface area contributed by atoms with Crippen molar-refractivity contribution in [1.82, 2.24) is 10.2 Å². The molecule has 1 aliphatic rings. The van der Waals surface area contributed by atoms with Crippen LogP contribution in [0.2, 0.25) is 0 Å². The first-order chi connectivity index (χ1) is 11.9. The number of hydrogen-bond acceptors (Lipinski definition) is 4. The van der Waals surface area contributed by atoms with Gasteiger partial charge >= 0.3 is 0 Å². The minimum atomic E-state index is -0.977. The molecule has 0 radical (unpaired) electrons. The number of benzene rings is 1. The lowest BCUT2D eigenvalue weighted by molar-refractivity contribution is 0.0915. The molecule has 0 unspecified atom stereocenters. The number of carbonyl (C=O) groups is 1. The van der Waals surface area contributed by atoms with Gasteiger partial charge in [-0.15, -0.1) is 12.4 Å². The lowest BCUT2D eigenvalue weighted by atomic mass is 9.91. The van der Waals surface area contributed by atoms with Gasteiger partial charge in [-0.05, 0) is 24.0 Å². The average Bonchev–Trinajstić information content (AvgIpc) is 2.96. The molecular formula is C18H27ClF2N2O3. The zero-order chi connectivity index (χ0) is 18.6. The quantitative estimate of drug-likeness (QED) is 0.775. The highest BCUT2D eigenvalue weighted by Crippen LogP contribution is 2.26. The van der Waals surface area contributed by atoms with Crippen LogP contribution in [0.3, 0.4) is 0 Å². The van der Waals surface area contributed by atoms with Crippen LogP contribution in [0.25, 0.3) is 0 Å². The number of amides is 1. The van der Waals surface area contributed by atoms with Gasteiger partial charge in [-0.2, -0.15) is 0 Å². The molecule has 0 aliphatic carbocycles. The van der Waals surface area contributed by atoms with E-state index in [1.54, 1.807) is 7.11 Å². The van der Waals surface area contributed by atoms with Crippen LogP contribution in [0, 0.1) is 23.5 Å². The Morgan fingerprint density at radius 1 is 1.31 bits per heavy atom. The summed E-state index contributed by atoms with van der Waals surface area (Å²) in [7, 11) is 2.92. The van der Waals surface area contributed by atoms with E-state index in [-0.39, 0.29) is 30.1 Å². The molecule has 1 heterocycles. The molecule has 1 saturated heterocycles. The highest BCUT2D eigenvalue weighted by Gasteiger charge is 2.36. The molecule has 26 heavy (non-hydrogen) atoms. The Morgan fingerprint density at radius 3 is 2.58 bits per heavy atom. The van der Waals surface area contributed by atoms with Gasteiger partial charge in [0.15, 0.2) is 11.6 Å². The molecule has 8 heteroatoms. The monoisotopic (exact) mass is 392 g/mol. The lowest BCUT2D eigenvalue weighted by Gasteiger charge is -2.23. The number of nitrogens with one attached hydrogen (secondary N) is 1. The number of carbonyl (C=O) groups excluding carboxylic acids is 1. The van der Waals surface area contributed by atoms with Gasteiger partial charge in [0, 0.05) is 32.8 Å². The van der Waals surface area contributed by atoms with E-state index >= 15 is 0 Å². The molecule has 0 spiro atoms. The van der Waals surface area contributed by atoms with Gasteiger partial charge in [-0.25, -0.2) is 8.78 Å². The van der Waals surface area contributed by atoms with Crippen LogP contribution in [-0.4, -0.2) is 57.3 Å². The summed E-state index contributed by atoms with van der Waals surface area (Å²) in [5.41, 5.74) is -0.600. The average molecular weight is 393 g/mol. The van der Waals surface area contributed by atoms with E-state index in [1.165, 1.54) is 13.2 Å². The van der Waals surface area contributed by atoms with Crippen LogP contribution in [0.1, 0.15) is 24.2 Å². The molecule has 1 aliphatic heterocycles. The van der Waals surface area contributed by atoms with Crippen LogP contribution in [0.15, 0.2) is 12.1 Å². The smallest absolute Gasteiger partial charge is 0.257 e. The molecule has 2 rings (SSSR count). The third-order valence-electron chi connectivity index (χ3n) is 4.73. The van der Waals surface area contributed by atoms with Crippen molar-refractivity contribution < 1.29 is 23.0 Å². The first kappa shape index (κ1) is 22.6. The van der Waals surface area contributed by atoms with Crippen LogP contribution < -0.4 is 10.1 Å². The molecular weight excluding hydrogens is 366 g/mol. The van der Waals surface area contributed by atoms with E-state index in [0.717, 1.165) is 19.2 Å². The number of ether oxygens (including phenoxy) is 2. The lowest BCUT2D eigenvalue weighted by Crippen LogP contribution is -2.42. The number of methoxy groups -OCH3 is 2. The first-order valence-electron chi connectivity index (χ1n) is 8.43. The fraction of sp³-hybridized carbons (Fsp3) is 0.611. The van der Waals surface area contributed by atoms with Gasteiger partial charge in [-0.1, -0.05) is 13.8 Å². The van der Waals surface area contributed by atoms with Crippen molar-refractivity contribution in [2.75, 3.05) is 40.5 Å². The Morgan fingerprint density at radius 2 is 2.00 bits per heavy atom. The zero-order valence-electron chi connectivity index (χ0n) is 15.6. The van der Waals surface area contributed by atoms with Crippen molar-refractivity contribution in [3.8, 4) is 5.75 Å². The second-order valence-corrected chi connectivity index (χ2v) is 6.68. The molecule has 1 amide bonds. The maximum atomic E-state index is 14.3. The maximum absolute atomic E-state index is 14.3. The fourth-order valence-electron chi connectivity index (χ4n) is 3.28. The normalized spacial score (nSPS) is 20.1. The summed E-state index contributed by atoms with van der Waals surface area (Å²) in [6.07, 6.45) is 0. The van der Waals surface area contributed by atoms with Crippen molar-refractivity contribution in [1.29, 1.82) is 0 Å². The third-order valence-corrected chi connectivity index (χ3v) is 4.73. The molecule has 148 valence electrons.